The van der Waals surface area contributed by atoms with E-state index in [9.17, 15) is 0 Å². The van der Waals surface area contributed by atoms with Gasteiger partial charge in [-0.05, 0) is 107 Å². The Kier molecular flexibility index (Phi) is 6.09. The van der Waals surface area contributed by atoms with Gasteiger partial charge in [0.2, 0.25) is 0 Å². The molecule has 0 spiro atoms. The number of para-hydroxylation sites is 1. The molecule has 0 saturated heterocycles. The minimum Gasteiger partial charge on any atom is -0.456 e. The van der Waals surface area contributed by atoms with E-state index in [2.05, 4.69) is 182 Å². The average molecular weight is 687 g/mol. The highest BCUT2D eigenvalue weighted by atomic mass is 16.3. The van der Waals surface area contributed by atoms with Gasteiger partial charge >= 0.3 is 0 Å². The van der Waals surface area contributed by atoms with Crippen LogP contribution in [0.15, 0.2) is 191 Å². The van der Waals surface area contributed by atoms with E-state index in [-0.39, 0.29) is 0 Å². The van der Waals surface area contributed by atoms with E-state index in [1.807, 2.05) is 0 Å². The Morgan fingerprint density at radius 3 is 1.48 bits per heavy atom. The summed E-state index contributed by atoms with van der Waals surface area (Å²) in [5.41, 5.74) is 10.5. The first-order valence-electron chi connectivity index (χ1n) is 18.5. The van der Waals surface area contributed by atoms with Gasteiger partial charge in [-0.2, -0.15) is 0 Å². The zero-order valence-electron chi connectivity index (χ0n) is 29.1. The number of benzene rings is 10. The van der Waals surface area contributed by atoms with Crippen LogP contribution in [0.1, 0.15) is 0 Å². The number of hydrogen-bond acceptors (Lipinski definition) is 2. The lowest BCUT2D eigenvalue weighted by molar-refractivity contribution is 0.668. The van der Waals surface area contributed by atoms with Gasteiger partial charge in [0.05, 0.1) is 0 Å². The number of rotatable bonds is 3. The van der Waals surface area contributed by atoms with Crippen LogP contribution in [-0.2, 0) is 0 Å². The molecule has 0 atom stereocenters. The van der Waals surface area contributed by atoms with Crippen molar-refractivity contribution < 1.29 is 8.83 Å². The fourth-order valence-electron chi connectivity index (χ4n) is 8.98. The molecule has 0 amide bonds. The summed E-state index contributed by atoms with van der Waals surface area (Å²) in [5.74, 6) is 0. The Morgan fingerprint density at radius 2 is 0.759 bits per heavy atom. The molecule has 2 heteroatoms. The largest absolute Gasteiger partial charge is 0.456 e. The highest BCUT2D eigenvalue weighted by Crippen LogP contribution is 2.46. The van der Waals surface area contributed by atoms with Crippen LogP contribution in [0.4, 0.5) is 0 Å². The smallest absolute Gasteiger partial charge is 0.143 e. The summed E-state index contributed by atoms with van der Waals surface area (Å²) >= 11 is 0. The first kappa shape index (κ1) is 29.4. The number of fused-ring (bicyclic) bond motifs is 10. The highest BCUT2D eigenvalue weighted by Gasteiger charge is 2.20. The molecule has 10 aromatic carbocycles. The Hall–Kier alpha value is -7.16. The fraction of sp³-hybridized carbons (Fsp3) is 0. The van der Waals surface area contributed by atoms with E-state index in [1.165, 1.54) is 59.8 Å². The lowest BCUT2D eigenvalue weighted by atomic mass is 9.84. The van der Waals surface area contributed by atoms with Gasteiger partial charge in [0.1, 0.15) is 22.3 Å². The SMILES string of the molecule is c1ccc2cc3c(cc2c1)oc1c(-c2ccc4c(c2)oc2cc(-c5c6ccccc6c(-c6cccc7ccccc67)c6ccccc56)ccc24)cccc13. The van der Waals surface area contributed by atoms with Crippen LogP contribution >= 0.6 is 0 Å². The second kappa shape index (κ2) is 11.2. The summed E-state index contributed by atoms with van der Waals surface area (Å²) in [6, 6.07) is 65.5. The predicted octanol–water partition coefficient (Wildman–Crippen LogP) is 15.1. The lowest BCUT2D eigenvalue weighted by Crippen LogP contribution is -1.91. The quantitative estimate of drug-likeness (QED) is 0.173. The van der Waals surface area contributed by atoms with Gasteiger partial charge in [-0.1, -0.05) is 146 Å². The monoisotopic (exact) mass is 686 g/mol. The lowest BCUT2D eigenvalue weighted by Gasteiger charge is -2.18. The maximum absolute atomic E-state index is 6.73. The Labute approximate surface area is 310 Å². The summed E-state index contributed by atoms with van der Waals surface area (Å²) in [5, 5.41) is 14.3. The minimum atomic E-state index is 0.861. The van der Waals surface area contributed by atoms with Gasteiger partial charge in [0.25, 0.3) is 0 Å². The molecule has 2 aromatic heterocycles. The first-order chi connectivity index (χ1) is 26.8. The normalized spacial score (nSPS) is 12.1. The molecule has 0 radical (unpaired) electrons. The highest BCUT2D eigenvalue weighted by molar-refractivity contribution is 6.24. The number of hydrogen-bond donors (Lipinski definition) is 0. The third kappa shape index (κ3) is 4.22. The van der Waals surface area contributed by atoms with E-state index in [4.69, 9.17) is 8.83 Å². The molecule has 2 heterocycles. The van der Waals surface area contributed by atoms with Gasteiger partial charge in [-0.3, -0.25) is 0 Å². The van der Waals surface area contributed by atoms with Crippen molar-refractivity contribution in [3.8, 4) is 33.4 Å². The second-order valence-electron chi connectivity index (χ2n) is 14.4. The molecule has 250 valence electrons. The summed E-state index contributed by atoms with van der Waals surface area (Å²) < 4.78 is 13.3. The standard InChI is InChI=1S/C52H30O2/c1-2-13-33-28-49-46(27-32(33)12-1)45-22-10-20-37(52(45)54-49)34-23-25-38-39-26-24-35(30-48(39)53-47(38)29-34)50-41-16-5-7-18-43(41)51(44-19-8-6-17-42(44)50)40-21-9-14-31-11-3-4-15-36(31)40/h1-30H. The molecular weight excluding hydrogens is 657 g/mol. The van der Waals surface area contributed by atoms with Crippen molar-refractivity contribution in [2.75, 3.05) is 0 Å². The summed E-state index contributed by atoms with van der Waals surface area (Å²) in [7, 11) is 0. The maximum atomic E-state index is 6.73. The molecule has 0 unspecified atom stereocenters. The second-order valence-corrected chi connectivity index (χ2v) is 14.4. The van der Waals surface area contributed by atoms with Crippen LogP contribution in [0.5, 0.6) is 0 Å². The Morgan fingerprint density at radius 1 is 0.259 bits per heavy atom. The summed E-state index contributed by atoms with van der Waals surface area (Å²) in [4.78, 5) is 0. The topological polar surface area (TPSA) is 26.3 Å². The van der Waals surface area contributed by atoms with Crippen LogP contribution in [0.25, 0.3) is 120 Å². The molecule has 0 aliphatic carbocycles. The van der Waals surface area contributed by atoms with Crippen LogP contribution < -0.4 is 0 Å². The molecule has 0 bridgehead atoms. The van der Waals surface area contributed by atoms with Crippen molar-refractivity contribution in [2.45, 2.75) is 0 Å². The van der Waals surface area contributed by atoms with Crippen molar-refractivity contribution in [2.24, 2.45) is 0 Å². The average Bonchev–Trinajstić information content (AvgIpc) is 3.78. The first-order valence-corrected chi connectivity index (χ1v) is 18.5. The third-order valence-corrected chi connectivity index (χ3v) is 11.4. The molecule has 0 aliphatic heterocycles. The van der Waals surface area contributed by atoms with Crippen LogP contribution in [-0.4, -0.2) is 0 Å². The molecule has 12 rings (SSSR count). The summed E-state index contributed by atoms with van der Waals surface area (Å²) in [6.45, 7) is 0. The molecule has 0 N–H and O–H groups in total. The van der Waals surface area contributed by atoms with Crippen LogP contribution in [0.2, 0.25) is 0 Å². The van der Waals surface area contributed by atoms with E-state index < -0.39 is 0 Å². The molecule has 2 nitrogen and oxygen atoms in total. The molecule has 0 saturated carbocycles. The van der Waals surface area contributed by atoms with Crippen LogP contribution in [0.3, 0.4) is 0 Å². The van der Waals surface area contributed by atoms with Gasteiger partial charge < -0.3 is 8.83 Å². The van der Waals surface area contributed by atoms with Crippen molar-refractivity contribution in [3.63, 3.8) is 0 Å². The van der Waals surface area contributed by atoms with Gasteiger partial charge in [-0.25, -0.2) is 0 Å². The van der Waals surface area contributed by atoms with Crippen molar-refractivity contribution >= 4 is 87.0 Å². The van der Waals surface area contributed by atoms with E-state index in [1.54, 1.807) is 0 Å². The Bertz CT molecular complexity index is 3440. The van der Waals surface area contributed by atoms with Gasteiger partial charge in [-0.15, -0.1) is 0 Å². The maximum Gasteiger partial charge on any atom is 0.143 e. The predicted molar refractivity (Wildman–Crippen MR) is 227 cm³/mol. The molecule has 0 fully saturated rings. The zero-order valence-corrected chi connectivity index (χ0v) is 29.1. The minimum absolute atomic E-state index is 0.861. The van der Waals surface area contributed by atoms with Gasteiger partial charge in [0.15, 0.2) is 0 Å². The molecule has 12 aromatic rings. The van der Waals surface area contributed by atoms with Crippen molar-refractivity contribution in [3.05, 3.63) is 182 Å². The third-order valence-electron chi connectivity index (χ3n) is 11.4. The van der Waals surface area contributed by atoms with Crippen molar-refractivity contribution in [1.82, 2.24) is 0 Å². The fourth-order valence-corrected chi connectivity index (χ4v) is 8.98. The molecular formula is C52H30O2. The van der Waals surface area contributed by atoms with E-state index >= 15 is 0 Å². The van der Waals surface area contributed by atoms with Gasteiger partial charge in [0, 0.05) is 27.1 Å². The van der Waals surface area contributed by atoms with E-state index in [0.717, 1.165) is 60.6 Å². The molecule has 0 aliphatic rings. The Balaban J connectivity index is 1.04. The van der Waals surface area contributed by atoms with Crippen LogP contribution in [0, 0.1) is 0 Å². The zero-order chi connectivity index (χ0) is 35.3. The summed E-state index contributed by atoms with van der Waals surface area (Å²) in [6.07, 6.45) is 0. The molecule has 54 heavy (non-hydrogen) atoms. The van der Waals surface area contributed by atoms with Crippen molar-refractivity contribution in [1.29, 1.82) is 0 Å². The number of furan rings is 2. The van der Waals surface area contributed by atoms with E-state index in [0.29, 0.717) is 0 Å².